The number of likely N-dealkylation sites (tertiary alicyclic amines) is 1. The number of likely N-dealkylation sites (N-methyl/N-ethyl adjacent to an activating group) is 1. The Balaban J connectivity index is 1.14. The zero-order chi connectivity index (χ0) is 25.9. The monoisotopic (exact) mass is 514 g/mol. The molecule has 0 bridgehead atoms. The third kappa shape index (κ3) is 5.45. The maximum Gasteiger partial charge on any atom is 0.409 e. The number of hydrogen-bond donors (Lipinski definition) is 3. The Kier molecular flexibility index (Phi) is 7.40. The van der Waals surface area contributed by atoms with Gasteiger partial charge >= 0.3 is 6.09 Å². The number of imidazole rings is 1. The molecular weight excluding hydrogens is 480 g/mol. The van der Waals surface area contributed by atoms with Gasteiger partial charge in [0, 0.05) is 32.6 Å². The van der Waals surface area contributed by atoms with Gasteiger partial charge in [0.2, 0.25) is 11.8 Å². The number of β-lactam (4-membered cyclic amide) rings is 1. The van der Waals surface area contributed by atoms with Crippen molar-refractivity contribution >= 4 is 34.9 Å². The fourth-order valence-corrected chi connectivity index (χ4v) is 5.08. The van der Waals surface area contributed by atoms with E-state index in [9.17, 15) is 14.4 Å². The molecule has 3 amide bonds. The molecule has 0 spiro atoms. The van der Waals surface area contributed by atoms with Gasteiger partial charge < -0.3 is 30.7 Å². The average molecular weight is 515 g/mol. The van der Waals surface area contributed by atoms with Crippen molar-refractivity contribution in [3.63, 3.8) is 0 Å². The number of nitrogens with two attached hydrogens (primary N) is 1. The molecule has 3 aliphatic heterocycles. The molecule has 37 heavy (non-hydrogen) atoms. The molecule has 2 aromatic heterocycles. The number of carbonyl (C=O) groups is 3. The molecule has 0 saturated carbocycles. The molecule has 0 aliphatic carbocycles. The molecule has 4 N–H and O–H groups in total. The number of piperidine rings is 1. The van der Waals surface area contributed by atoms with Crippen LogP contribution in [0.4, 0.5) is 10.6 Å². The van der Waals surface area contributed by atoms with Crippen LogP contribution < -0.4 is 16.4 Å². The Hall–Kier alpha value is -3.48. The Morgan fingerprint density at radius 1 is 1.24 bits per heavy atom. The lowest BCUT2D eigenvalue weighted by atomic mass is 9.92. The fraction of sp³-hybridized carbons (Fsp3) is 0.667. The summed E-state index contributed by atoms with van der Waals surface area (Å²) in [6.07, 6.45) is 5.07. The second kappa shape index (κ2) is 10.9. The van der Waals surface area contributed by atoms with E-state index in [1.165, 1.54) is 0 Å². The molecule has 3 saturated heterocycles. The van der Waals surface area contributed by atoms with Crippen LogP contribution >= 0.6 is 0 Å². The number of nitrogen functional groups attached to an aromatic ring is 1. The number of aromatic nitrogens is 4. The molecule has 1 unspecified atom stereocenters. The van der Waals surface area contributed by atoms with E-state index in [1.807, 2.05) is 11.5 Å². The molecule has 5 heterocycles. The molecule has 2 aromatic rings. The summed E-state index contributed by atoms with van der Waals surface area (Å²) in [4.78, 5) is 51.1. The van der Waals surface area contributed by atoms with Gasteiger partial charge in [-0.2, -0.15) is 0 Å². The molecule has 13 nitrogen and oxygen atoms in total. The van der Waals surface area contributed by atoms with Crippen molar-refractivity contribution in [3.05, 3.63) is 12.2 Å². The number of fused-ring (bicyclic) bond motifs is 1. The van der Waals surface area contributed by atoms with E-state index >= 15 is 0 Å². The molecule has 0 radical (unpaired) electrons. The van der Waals surface area contributed by atoms with Gasteiger partial charge in [-0.05, 0) is 44.9 Å². The minimum atomic E-state index is -0.484. The van der Waals surface area contributed by atoms with Gasteiger partial charge in [-0.25, -0.2) is 19.7 Å². The van der Waals surface area contributed by atoms with Crippen molar-refractivity contribution in [1.82, 2.24) is 35.1 Å². The van der Waals surface area contributed by atoms with Gasteiger partial charge in [0.05, 0.1) is 12.2 Å². The summed E-state index contributed by atoms with van der Waals surface area (Å²) in [5, 5.41) is 5.45. The van der Waals surface area contributed by atoms with Gasteiger partial charge in [-0.1, -0.05) is 0 Å². The number of hydrogen-bond acceptors (Lipinski definition) is 9. The average Bonchev–Trinajstić information content (AvgIpc) is 3.55. The first-order valence-electron chi connectivity index (χ1n) is 13.0. The predicted molar refractivity (Wildman–Crippen MR) is 132 cm³/mol. The van der Waals surface area contributed by atoms with Crippen LogP contribution in [-0.2, 0) is 25.5 Å². The minimum absolute atomic E-state index is 0.0602. The van der Waals surface area contributed by atoms with Gasteiger partial charge in [-0.15, -0.1) is 0 Å². The van der Waals surface area contributed by atoms with Crippen molar-refractivity contribution in [3.8, 4) is 0 Å². The molecule has 3 atom stereocenters. The second-order valence-electron chi connectivity index (χ2n) is 9.89. The van der Waals surface area contributed by atoms with Crippen molar-refractivity contribution in [2.75, 3.05) is 38.5 Å². The van der Waals surface area contributed by atoms with Crippen molar-refractivity contribution in [1.29, 1.82) is 0 Å². The highest BCUT2D eigenvalue weighted by atomic mass is 16.6. The smallest absolute Gasteiger partial charge is 0.409 e. The van der Waals surface area contributed by atoms with E-state index in [1.54, 1.807) is 11.2 Å². The van der Waals surface area contributed by atoms with E-state index in [0.717, 1.165) is 19.3 Å². The summed E-state index contributed by atoms with van der Waals surface area (Å²) >= 11 is 0. The number of amides is 3. The highest BCUT2D eigenvalue weighted by molar-refractivity contribution is 5.85. The normalized spacial score (nSPS) is 24.1. The number of carbonyl (C=O) groups excluding carboxylic acids is 3. The Bertz CT molecular complexity index is 1160. The van der Waals surface area contributed by atoms with E-state index in [0.29, 0.717) is 74.2 Å². The Morgan fingerprint density at radius 2 is 2.05 bits per heavy atom. The first-order chi connectivity index (χ1) is 17.9. The van der Waals surface area contributed by atoms with Crippen LogP contribution in [0.15, 0.2) is 6.33 Å². The predicted octanol–water partition coefficient (Wildman–Crippen LogP) is 0.749. The highest BCUT2D eigenvalue weighted by Crippen LogP contribution is 2.31. The van der Waals surface area contributed by atoms with Crippen molar-refractivity contribution in [2.45, 2.75) is 57.8 Å². The summed E-state index contributed by atoms with van der Waals surface area (Å²) in [5.41, 5.74) is 7.34. The fourth-order valence-electron chi connectivity index (χ4n) is 5.08. The quantitative estimate of drug-likeness (QED) is 0.431. The molecule has 200 valence electrons. The lowest BCUT2D eigenvalue weighted by Crippen LogP contribution is -2.51. The third-order valence-corrected chi connectivity index (χ3v) is 7.40. The van der Waals surface area contributed by atoms with E-state index < -0.39 is 6.10 Å². The van der Waals surface area contributed by atoms with Gasteiger partial charge in [0.25, 0.3) is 0 Å². The Morgan fingerprint density at radius 3 is 2.76 bits per heavy atom. The van der Waals surface area contributed by atoms with Crippen LogP contribution in [0.3, 0.4) is 0 Å². The summed E-state index contributed by atoms with van der Waals surface area (Å²) in [6.45, 7) is 4.40. The lowest BCUT2D eigenvalue weighted by Gasteiger charge is -2.32. The second-order valence-corrected chi connectivity index (χ2v) is 9.89. The van der Waals surface area contributed by atoms with Gasteiger partial charge in [-0.3, -0.25) is 14.2 Å². The first-order valence-corrected chi connectivity index (χ1v) is 13.0. The zero-order valence-corrected chi connectivity index (χ0v) is 21.0. The zero-order valence-electron chi connectivity index (χ0n) is 21.0. The van der Waals surface area contributed by atoms with E-state index in [-0.39, 0.29) is 36.7 Å². The third-order valence-electron chi connectivity index (χ3n) is 7.40. The van der Waals surface area contributed by atoms with Crippen LogP contribution in [0.1, 0.15) is 51.1 Å². The lowest BCUT2D eigenvalue weighted by molar-refractivity contribution is -0.134. The van der Waals surface area contributed by atoms with E-state index in [2.05, 4.69) is 20.6 Å². The molecule has 13 heteroatoms. The summed E-state index contributed by atoms with van der Waals surface area (Å²) in [6, 6.07) is 0. The maximum atomic E-state index is 12.3. The van der Waals surface area contributed by atoms with E-state index in [4.69, 9.17) is 20.2 Å². The van der Waals surface area contributed by atoms with Crippen LogP contribution in [-0.4, -0.2) is 81.2 Å². The molecule has 0 aromatic carbocycles. The number of nitrogens with one attached hydrogen (secondary N) is 2. The first kappa shape index (κ1) is 25.2. The molecule has 3 fully saturated rings. The number of anilines is 1. The summed E-state index contributed by atoms with van der Waals surface area (Å²) < 4.78 is 13.1. The van der Waals surface area contributed by atoms with Crippen LogP contribution in [0, 0.1) is 11.8 Å². The molecular formula is C24H34N8O5. The molecule has 3 aliphatic rings. The number of nitrogens with zero attached hydrogens (tertiary/aromatic N) is 5. The standard InChI is InChI=1S/C24H34N8O5/c1-2-26-23(34)16-4-6-18(37-16)32-13-28-19-20(25)29-17(30-21(19)32)5-3-14-7-9-31(10-8-14)24(35)36-12-15-11-27-22(15)33/h13-16,18H,2-12H2,1H3,(H,26,34)(H,27,33)(H2,25,29,30)/t15?,16-,18+/m0/s1. The Labute approximate surface area is 214 Å². The summed E-state index contributed by atoms with van der Waals surface area (Å²) in [5.74, 6) is 1.03. The summed E-state index contributed by atoms with van der Waals surface area (Å²) in [7, 11) is 0. The largest absolute Gasteiger partial charge is 0.448 e. The van der Waals surface area contributed by atoms with Crippen LogP contribution in [0.25, 0.3) is 11.2 Å². The van der Waals surface area contributed by atoms with Crippen molar-refractivity contribution in [2.24, 2.45) is 11.8 Å². The topological polar surface area (TPSA) is 167 Å². The van der Waals surface area contributed by atoms with Gasteiger partial charge in [0.15, 0.2) is 11.5 Å². The van der Waals surface area contributed by atoms with Crippen molar-refractivity contribution < 1.29 is 23.9 Å². The number of aryl methyl sites for hydroxylation is 1. The number of ether oxygens (including phenoxy) is 2. The van der Waals surface area contributed by atoms with Gasteiger partial charge in [0.1, 0.15) is 30.3 Å². The minimum Gasteiger partial charge on any atom is -0.448 e. The SMILES string of the molecule is CCNC(=O)[C@@H]1CC[C@H](n2cnc3c(N)nc(CCC4CCN(C(=O)OCC5CNC5=O)CC4)nc32)O1. The highest BCUT2D eigenvalue weighted by Gasteiger charge is 2.33. The maximum absolute atomic E-state index is 12.3. The van der Waals surface area contributed by atoms with Crippen LogP contribution in [0.2, 0.25) is 0 Å². The number of rotatable bonds is 8. The molecule has 5 rings (SSSR count). The van der Waals surface area contributed by atoms with Crippen LogP contribution in [0.5, 0.6) is 0 Å².